The Bertz CT molecular complexity index is 525. The quantitative estimate of drug-likeness (QED) is 0.850. The molecular weight excluding hydrogens is 237 g/mol. The number of hydrogen-bond donors (Lipinski definition) is 1. The molecule has 0 radical (unpaired) electrons. The number of anilines is 1. The SMILES string of the molecule is Cc1cc(F)ccc1CNc1ccccc1Cl. The first kappa shape index (κ1) is 11.9. The second-order valence-corrected chi connectivity index (χ2v) is 4.31. The molecule has 0 aromatic heterocycles. The molecule has 2 aromatic carbocycles. The van der Waals surface area contributed by atoms with E-state index >= 15 is 0 Å². The summed E-state index contributed by atoms with van der Waals surface area (Å²) in [7, 11) is 0. The first-order valence-electron chi connectivity index (χ1n) is 5.40. The first-order valence-corrected chi connectivity index (χ1v) is 5.78. The third kappa shape index (κ3) is 2.98. The van der Waals surface area contributed by atoms with Crippen molar-refractivity contribution in [2.75, 3.05) is 5.32 Å². The van der Waals surface area contributed by atoms with Gasteiger partial charge in [0.05, 0.1) is 10.7 Å². The average molecular weight is 250 g/mol. The highest BCUT2D eigenvalue weighted by Crippen LogP contribution is 2.21. The summed E-state index contributed by atoms with van der Waals surface area (Å²) in [4.78, 5) is 0. The van der Waals surface area contributed by atoms with Crippen LogP contribution in [0.25, 0.3) is 0 Å². The third-order valence-corrected chi connectivity index (χ3v) is 2.98. The molecule has 3 heteroatoms. The highest BCUT2D eigenvalue weighted by Gasteiger charge is 2.02. The van der Waals surface area contributed by atoms with Gasteiger partial charge in [0, 0.05) is 6.54 Å². The maximum atomic E-state index is 12.9. The lowest BCUT2D eigenvalue weighted by atomic mass is 10.1. The van der Waals surface area contributed by atoms with Crippen molar-refractivity contribution in [1.29, 1.82) is 0 Å². The first-order chi connectivity index (χ1) is 8.16. The lowest BCUT2D eigenvalue weighted by molar-refractivity contribution is 0.625. The van der Waals surface area contributed by atoms with Crippen LogP contribution in [0, 0.1) is 12.7 Å². The minimum atomic E-state index is -0.205. The fourth-order valence-electron chi connectivity index (χ4n) is 1.65. The van der Waals surface area contributed by atoms with Gasteiger partial charge < -0.3 is 5.32 Å². The van der Waals surface area contributed by atoms with Crippen molar-refractivity contribution < 1.29 is 4.39 Å². The standard InChI is InChI=1S/C14H13ClFN/c1-10-8-12(16)7-6-11(10)9-17-14-5-3-2-4-13(14)15/h2-8,17H,9H2,1H3. The molecule has 88 valence electrons. The highest BCUT2D eigenvalue weighted by molar-refractivity contribution is 6.33. The van der Waals surface area contributed by atoms with Crippen molar-refractivity contribution in [2.24, 2.45) is 0 Å². The van der Waals surface area contributed by atoms with Gasteiger partial charge in [-0.2, -0.15) is 0 Å². The minimum absolute atomic E-state index is 0.205. The van der Waals surface area contributed by atoms with Crippen molar-refractivity contribution in [1.82, 2.24) is 0 Å². The van der Waals surface area contributed by atoms with Crippen molar-refractivity contribution >= 4 is 17.3 Å². The zero-order valence-corrected chi connectivity index (χ0v) is 10.3. The summed E-state index contributed by atoms with van der Waals surface area (Å²) in [6.07, 6.45) is 0. The Morgan fingerprint density at radius 1 is 1.18 bits per heavy atom. The zero-order chi connectivity index (χ0) is 12.3. The summed E-state index contributed by atoms with van der Waals surface area (Å²) >= 11 is 6.03. The third-order valence-electron chi connectivity index (χ3n) is 2.65. The maximum absolute atomic E-state index is 12.9. The molecule has 0 saturated heterocycles. The van der Waals surface area contributed by atoms with Crippen molar-refractivity contribution in [3.8, 4) is 0 Å². The molecule has 0 aliphatic carbocycles. The molecule has 0 saturated carbocycles. The lowest BCUT2D eigenvalue weighted by Gasteiger charge is -2.10. The van der Waals surface area contributed by atoms with Crippen LogP contribution in [0.3, 0.4) is 0 Å². The van der Waals surface area contributed by atoms with E-state index in [2.05, 4.69) is 5.32 Å². The van der Waals surface area contributed by atoms with E-state index in [0.717, 1.165) is 16.8 Å². The second kappa shape index (κ2) is 5.19. The predicted molar refractivity (Wildman–Crippen MR) is 69.9 cm³/mol. The number of halogens is 2. The van der Waals surface area contributed by atoms with Gasteiger partial charge in [0.15, 0.2) is 0 Å². The Balaban J connectivity index is 2.10. The molecule has 0 aliphatic rings. The molecule has 0 spiro atoms. The molecule has 17 heavy (non-hydrogen) atoms. The van der Waals surface area contributed by atoms with E-state index in [1.807, 2.05) is 31.2 Å². The molecule has 0 unspecified atom stereocenters. The van der Waals surface area contributed by atoms with Gasteiger partial charge in [-0.05, 0) is 42.3 Å². The Morgan fingerprint density at radius 2 is 1.94 bits per heavy atom. The van der Waals surface area contributed by atoms with E-state index in [9.17, 15) is 4.39 Å². The Kier molecular flexibility index (Phi) is 3.64. The molecule has 1 N–H and O–H groups in total. The molecule has 2 aromatic rings. The molecule has 2 rings (SSSR count). The van der Waals surface area contributed by atoms with Crippen LogP contribution >= 0.6 is 11.6 Å². The van der Waals surface area contributed by atoms with Gasteiger partial charge in [0.2, 0.25) is 0 Å². The van der Waals surface area contributed by atoms with E-state index in [1.165, 1.54) is 12.1 Å². The topological polar surface area (TPSA) is 12.0 Å². The van der Waals surface area contributed by atoms with Crippen LogP contribution in [-0.2, 0) is 6.54 Å². The summed E-state index contributed by atoms with van der Waals surface area (Å²) in [5.41, 5.74) is 2.88. The van der Waals surface area contributed by atoms with Crippen LogP contribution in [0.2, 0.25) is 5.02 Å². The molecule has 0 amide bonds. The number of nitrogens with one attached hydrogen (secondary N) is 1. The normalized spacial score (nSPS) is 10.3. The Morgan fingerprint density at radius 3 is 2.65 bits per heavy atom. The number of benzene rings is 2. The van der Waals surface area contributed by atoms with Gasteiger partial charge in [-0.25, -0.2) is 4.39 Å². The summed E-state index contributed by atoms with van der Waals surface area (Å²) in [5.74, 6) is -0.205. The fraction of sp³-hybridized carbons (Fsp3) is 0.143. The van der Waals surface area contributed by atoms with E-state index in [4.69, 9.17) is 11.6 Å². The number of rotatable bonds is 3. The second-order valence-electron chi connectivity index (χ2n) is 3.90. The highest BCUT2D eigenvalue weighted by atomic mass is 35.5. The van der Waals surface area contributed by atoms with Crippen LogP contribution in [0.15, 0.2) is 42.5 Å². The minimum Gasteiger partial charge on any atom is -0.380 e. The molecule has 0 heterocycles. The average Bonchev–Trinajstić information content (AvgIpc) is 2.30. The Labute approximate surface area is 105 Å². The van der Waals surface area contributed by atoms with Crippen LogP contribution < -0.4 is 5.32 Å². The van der Waals surface area contributed by atoms with Gasteiger partial charge in [-0.1, -0.05) is 29.8 Å². The smallest absolute Gasteiger partial charge is 0.123 e. The van der Waals surface area contributed by atoms with Crippen LogP contribution in [-0.4, -0.2) is 0 Å². The summed E-state index contributed by atoms with van der Waals surface area (Å²) in [6.45, 7) is 2.53. The van der Waals surface area contributed by atoms with Gasteiger partial charge in [-0.3, -0.25) is 0 Å². The monoisotopic (exact) mass is 249 g/mol. The summed E-state index contributed by atoms with van der Waals surface area (Å²) < 4.78 is 12.9. The number of aryl methyl sites for hydroxylation is 1. The van der Waals surface area contributed by atoms with Gasteiger partial charge in [-0.15, -0.1) is 0 Å². The molecule has 0 bridgehead atoms. The van der Waals surface area contributed by atoms with Crippen molar-refractivity contribution in [2.45, 2.75) is 13.5 Å². The van der Waals surface area contributed by atoms with E-state index in [0.29, 0.717) is 11.6 Å². The zero-order valence-electron chi connectivity index (χ0n) is 9.50. The maximum Gasteiger partial charge on any atom is 0.123 e. The van der Waals surface area contributed by atoms with Crippen molar-refractivity contribution in [3.05, 3.63) is 64.4 Å². The van der Waals surface area contributed by atoms with Crippen molar-refractivity contribution in [3.63, 3.8) is 0 Å². The summed E-state index contributed by atoms with van der Waals surface area (Å²) in [5, 5.41) is 3.92. The fourth-order valence-corrected chi connectivity index (χ4v) is 1.86. The number of hydrogen-bond acceptors (Lipinski definition) is 1. The molecular formula is C14H13ClFN. The number of para-hydroxylation sites is 1. The van der Waals surface area contributed by atoms with E-state index in [1.54, 1.807) is 6.07 Å². The lowest BCUT2D eigenvalue weighted by Crippen LogP contribution is -2.01. The van der Waals surface area contributed by atoms with E-state index in [-0.39, 0.29) is 5.82 Å². The molecule has 0 atom stereocenters. The van der Waals surface area contributed by atoms with Crippen LogP contribution in [0.4, 0.5) is 10.1 Å². The summed E-state index contributed by atoms with van der Waals surface area (Å²) in [6, 6.07) is 12.3. The van der Waals surface area contributed by atoms with Crippen LogP contribution in [0.1, 0.15) is 11.1 Å². The van der Waals surface area contributed by atoms with Crippen LogP contribution in [0.5, 0.6) is 0 Å². The largest absolute Gasteiger partial charge is 0.380 e. The molecule has 0 fully saturated rings. The molecule has 1 nitrogen and oxygen atoms in total. The van der Waals surface area contributed by atoms with Gasteiger partial charge in [0.25, 0.3) is 0 Å². The molecule has 0 aliphatic heterocycles. The predicted octanol–water partition coefficient (Wildman–Crippen LogP) is 4.40. The van der Waals surface area contributed by atoms with Gasteiger partial charge >= 0.3 is 0 Å². The van der Waals surface area contributed by atoms with Gasteiger partial charge in [0.1, 0.15) is 5.82 Å². The van der Waals surface area contributed by atoms with E-state index < -0.39 is 0 Å². The Hall–Kier alpha value is -1.54.